The minimum atomic E-state index is -3.93. The normalized spacial score (nSPS) is 16.0. The predicted molar refractivity (Wildman–Crippen MR) is 98.7 cm³/mol. The van der Waals surface area contributed by atoms with Crippen molar-refractivity contribution in [3.8, 4) is 5.88 Å². The minimum Gasteiger partial charge on any atom is -0.358 e. The van der Waals surface area contributed by atoms with Crippen LogP contribution in [0.25, 0.3) is 11.0 Å². The van der Waals surface area contributed by atoms with Crippen molar-refractivity contribution in [2.75, 3.05) is 0 Å². The van der Waals surface area contributed by atoms with Gasteiger partial charge in [0.2, 0.25) is 5.88 Å². The average molecular weight is 371 g/mol. The quantitative estimate of drug-likeness (QED) is 0.638. The number of aromatic nitrogens is 3. The molecule has 0 bridgehead atoms. The van der Waals surface area contributed by atoms with Crippen LogP contribution in [0.5, 0.6) is 5.88 Å². The molecule has 26 heavy (non-hydrogen) atoms. The summed E-state index contributed by atoms with van der Waals surface area (Å²) in [5, 5.41) is 5.39. The summed E-state index contributed by atoms with van der Waals surface area (Å²) in [6.45, 7) is 5.93. The molecule has 0 saturated heterocycles. The third kappa shape index (κ3) is 3.07. The Balaban J connectivity index is 1.72. The van der Waals surface area contributed by atoms with Crippen molar-refractivity contribution in [2.24, 2.45) is 5.92 Å². The molecular formula is C19H21N3O3S. The monoisotopic (exact) mass is 371 g/mol. The molecule has 0 radical (unpaired) electrons. The van der Waals surface area contributed by atoms with Gasteiger partial charge in [0.25, 0.3) is 0 Å². The maximum Gasteiger partial charge on any atom is 0.340 e. The van der Waals surface area contributed by atoms with E-state index in [4.69, 9.17) is 4.18 Å². The topological polar surface area (TPSA) is 74.1 Å². The summed E-state index contributed by atoms with van der Waals surface area (Å²) < 4.78 is 32.3. The third-order valence-corrected chi connectivity index (χ3v) is 6.18. The summed E-state index contributed by atoms with van der Waals surface area (Å²) in [4.78, 5) is 4.57. The first-order valence-electron chi connectivity index (χ1n) is 8.71. The van der Waals surface area contributed by atoms with E-state index in [0.29, 0.717) is 11.6 Å². The SMILES string of the molecule is Cc1ccc(S(=O)(=O)Oc2cc(C)c3cnn([C@@H](C)C4CC4)c3n2)cc1. The molecule has 0 unspecified atom stereocenters. The first-order chi connectivity index (χ1) is 12.3. The zero-order valence-electron chi connectivity index (χ0n) is 15.0. The van der Waals surface area contributed by atoms with Crippen molar-refractivity contribution in [3.63, 3.8) is 0 Å². The fourth-order valence-corrected chi connectivity index (χ4v) is 4.01. The fraction of sp³-hybridized carbons (Fsp3) is 0.368. The van der Waals surface area contributed by atoms with Gasteiger partial charge in [0, 0.05) is 11.5 Å². The standard InChI is InChI=1S/C19H21N3O3S/c1-12-4-8-16(9-5-12)26(23,24)25-18-10-13(2)17-11-20-22(19(17)21-18)14(3)15-6-7-15/h4-5,8-11,14-15H,6-7H2,1-3H3/t14-/m0/s1. The third-order valence-electron chi connectivity index (χ3n) is 4.94. The van der Waals surface area contributed by atoms with E-state index in [0.717, 1.165) is 16.5 Å². The Morgan fingerprint density at radius 1 is 1.19 bits per heavy atom. The molecule has 6 nitrogen and oxygen atoms in total. The van der Waals surface area contributed by atoms with Crippen LogP contribution in [0.1, 0.15) is 36.9 Å². The molecule has 4 rings (SSSR count). The number of nitrogens with zero attached hydrogens (tertiary/aromatic N) is 3. The molecule has 1 aliphatic rings. The molecule has 2 heterocycles. The van der Waals surface area contributed by atoms with Crippen LogP contribution < -0.4 is 4.18 Å². The molecule has 0 aliphatic heterocycles. The van der Waals surface area contributed by atoms with Crippen LogP contribution in [0.15, 0.2) is 41.4 Å². The van der Waals surface area contributed by atoms with Crippen LogP contribution in [0.2, 0.25) is 0 Å². The van der Waals surface area contributed by atoms with Crippen LogP contribution in [0.4, 0.5) is 0 Å². The second-order valence-electron chi connectivity index (χ2n) is 7.03. The van der Waals surface area contributed by atoms with E-state index in [1.165, 1.54) is 25.0 Å². The smallest absolute Gasteiger partial charge is 0.340 e. The molecular weight excluding hydrogens is 350 g/mol. The molecule has 2 aromatic heterocycles. The zero-order valence-corrected chi connectivity index (χ0v) is 15.8. The molecule has 1 aromatic carbocycles. The Morgan fingerprint density at radius 3 is 2.54 bits per heavy atom. The van der Waals surface area contributed by atoms with Gasteiger partial charge in [0.15, 0.2) is 5.65 Å². The summed E-state index contributed by atoms with van der Waals surface area (Å²) in [5.74, 6) is 0.682. The highest BCUT2D eigenvalue weighted by atomic mass is 32.2. The van der Waals surface area contributed by atoms with Gasteiger partial charge in [0.1, 0.15) is 4.90 Å². The van der Waals surface area contributed by atoms with Gasteiger partial charge < -0.3 is 4.18 Å². The highest BCUT2D eigenvalue weighted by Crippen LogP contribution is 2.40. The Bertz CT molecular complexity index is 1070. The first-order valence-corrected chi connectivity index (χ1v) is 10.1. The maximum absolute atomic E-state index is 12.6. The first kappa shape index (κ1) is 17.0. The molecule has 7 heteroatoms. The van der Waals surface area contributed by atoms with Gasteiger partial charge >= 0.3 is 10.1 Å². The Hall–Kier alpha value is -2.41. The number of fused-ring (bicyclic) bond motifs is 1. The minimum absolute atomic E-state index is 0.0697. The van der Waals surface area contributed by atoms with Crippen molar-refractivity contribution in [3.05, 3.63) is 47.7 Å². The number of benzene rings is 1. The van der Waals surface area contributed by atoms with Gasteiger partial charge in [-0.25, -0.2) is 4.68 Å². The van der Waals surface area contributed by atoms with Crippen LogP contribution in [-0.2, 0) is 10.1 Å². The van der Waals surface area contributed by atoms with Crippen molar-refractivity contribution >= 4 is 21.2 Å². The van der Waals surface area contributed by atoms with Gasteiger partial charge in [-0.1, -0.05) is 17.7 Å². The van der Waals surface area contributed by atoms with Crippen LogP contribution >= 0.6 is 0 Å². The number of hydrogen-bond acceptors (Lipinski definition) is 5. The summed E-state index contributed by atoms with van der Waals surface area (Å²) >= 11 is 0. The number of rotatable bonds is 5. The number of aryl methyl sites for hydroxylation is 2. The molecule has 1 atom stereocenters. The van der Waals surface area contributed by atoms with Crippen molar-refractivity contribution in [1.82, 2.24) is 14.8 Å². The Kier molecular flexibility index (Phi) is 3.99. The largest absolute Gasteiger partial charge is 0.358 e. The van der Waals surface area contributed by atoms with Crippen LogP contribution in [-0.4, -0.2) is 23.2 Å². The molecule has 1 saturated carbocycles. The lowest BCUT2D eigenvalue weighted by Gasteiger charge is -2.13. The highest BCUT2D eigenvalue weighted by Gasteiger charge is 2.31. The molecule has 0 N–H and O–H groups in total. The molecule has 0 spiro atoms. The van der Waals surface area contributed by atoms with Gasteiger partial charge in [-0.2, -0.15) is 18.5 Å². The number of pyridine rings is 1. The Labute approximate surface area is 152 Å². The van der Waals surface area contributed by atoms with E-state index < -0.39 is 10.1 Å². The summed E-state index contributed by atoms with van der Waals surface area (Å²) in [7, 11) is -3.93. The van der Waals surface area contributed by atoms with E-state index in [2.05, 4.69) is 17.0 Å². The molecule has 136 valence electrons. The van der Waals surface area contributed by atoms with Crippen molar-refractivity contribution in [1.29, 1.82) is 0 Å². The van der Waals surface area contributed by atoms with E-state index in [-0.39, 0.29) is 16.8 Å². The molecule has 0 amide bonds. The van der Waals surface area contributed by atoms with Crippen LogP contribution in [0, 0.1) is 19.8 Å². The van der Waals surface area contributed by atoms with Gasteiger partial charge in [-0.05, 0) is 57.2 Å². The van der Waals surface area contributed by atoms with Gasteiger partial charge in [-0.3, -0.25) is 0 Å². The average Bonchev–Trinajstić information content (AvgIpc) is 3.34. The van der Waals surface area contributed by atoms with E-state index in [9.17, 15) is 8.42 Å². The summed E-state index contributed by atoms with van der Waals surface area (Å²) in [6.07, 6.45) is 4.17. The lowest BCUT2D eigenvalue weighted by atomic mass is 10.2. The fourth-order valence-electron chi connectivity index (χ4n) is 3.13. The lowest BCUT2D eigenvalue weighted by molar-refractivity contribution is 0.447. The van der Waals surface area contributed by atoms with Gasteiger partial charge in [-0.15, -0.1) is 0 Å². The zero-order chi connectivity index (χ0) is 18.5. The van der Waals surface area contributed by atoms with Crippen LogP contribution in [0.3, 0.4) is 0 Å². The van der Waals surface area contributed by atoms with E-state index in [1.807, 2.05) is 18.5 Å². The van der Waals surface area contributed by atoms with E-state index >= 15 is 0 Å². The predicted octanol–water partition coefficient (Wildman–Crippen LogP) is 3.79. The summed E-state index contributed by atoms with van der Waals surface area (Å²) in [5.41, 5.74) is 2.54. The Morgan fingerprint density at radius 2 is 1.88 bits per heavy atom. The van der Waals surface area contributed by atoms with E-state index in [1.54, 1.807) is 24.4 Å². The lowest BCUT2D eigenvalue weighted by Crippen LogP contribution is -2.12. The second-order valence-corrected chi connectivity index (χ2v) is 8.58. The van der Waals surface area contributed by atoms with Crippen molar-refractivity contribution < 1.29 is 12.6 Å². The highest BCUT2D eigenvalue weighted by molar-refractivity contribution is 7.87. The molecule has 3 aromatic rings. The maximum atomic E-state index is 12.6. The summed E-state index contributed by atoms with van der Waals surface area (Å²) in [6, 6.07) is 8.44. The number of hydrogen-bond donors (Lipinski definition) is 0. The molecule has 1 aliphatic carbocycles. The van der Waals surface area contributed by atoms with Gasteiger partial charge in [0.05, 0.1) is 12.2 Å². The second kappa shape index (κ2) is 6.09. The van der Waals surface area contributed by atoms with Crippen molar-refractivity contribution in [2.45, 2.75) is 44.6 Å². The molecule has 1 fully saturated rings.